The van der Waals surface area contributed by atoms with Crippen LogP contribution in [-0.4, -0.2) is 25.4 Å². The fourth-order valence-corrected chi connectivity index (χ4v) is 6.60. The zero-order valence-electron chi connectivity index (χ0n) is 22.1. The number of carbonyl (C=O) groups is 1. The van der Waals surface area contributed by atoms with Gasteiger partial charge in [0, 0.05) is 40.0 Å². The number of benzene rings is 3. The highest BCUT2D eigenvalue weighted by Gasteiger charge is 2.30. The van der Waals surface area contributed by atoms with Crippen LogP contribution in [0.4, 0.5) is 0 Å². The Morgan fingerprint density at radius 1 is 1.00 bits per heavy atom. The van der Waals surface area contributed by atoms with Crippen LogP contribution >= 0.6 is 0 Å². The number of sulfonamides is 1. The van der Waals surface area contributed by atoms with Gasteiger partial charge in [-0.15, -0.1) is 0 Å². The van der Waals surface area contributed by atoms with Crippen molar-refractivity contribution in [3.63, 3.8) is 0 Å². The minimum atomic E-state index is -4.05. The molecule has 40 heavy (non-hydrogen) atoms. The molecule has 204 valence electrons. The summed E-state index contributed by atoms with van der Waals surface area (Å²) in [5.41, 5.74) is 4.76. The Morgan fingerprint density at radius 3 is 2.55 bits per heavy atom. The summed E-state index contributed by atoms with van der Waals surface area (Å²) in [5.74, 6) is -0.566. The standard InChI is InChI=1S/C31H28N2O6S/c1-18-10-12-21(13-11-18)40(36,37)33-27(16-20-17-32-26-9-4-3-6-22(20)26)31(35)38-28-15-14-24-23-7-5-8-25(23)30(34)39-29(24)19(28)2/h3-4,6,9-15,17,27,32-33H,5,7-8,16H2,1-2H3/t27-/m0/s1. The first-order valence-corrected chi connectivity index (χ1v) is 14.6. The number of fused-ring (bicyclic) bond motifs is 4. The first-order valence-electron chi connectivity index (χ1n) is 13.1. The van der Waals surface area contributed by atoms with Crippen molar-refractivity contribution in [3.05, 3.63) is 105 Å². The first kappa shape index (κ1) is 26.0. The second-order valence-electron chi connectivity index (χ2n) is 10.2. The molecule has 0 saturated heterocycles. The number of nitrogens with one attached hydrogen (secondary N) is 2. The Balaban J connectivity index is 1.35. The van der Waals surface area contributed by atoms with Gasteiger partial charge < -0.3 is 14.1 Å². The van der Waals surface area contributed by atoms with E-state index in [0.717, 1.165) is 45.8 Å². The Kier molecular flexibility index (Phi) is 6.56. The van der Waals surface area contributed by atoms with E-state index in [1.165, 1.54) is 12.1 Å². The van der Waals surface area contributed by atoms with Crippen LogP contribution in [0, 0.1) is 13.8 Å². The number of aryl methyl sites for hydroxylation is 3. The maximum Gasteiger partial charge on any atom is 0.339 e. The van der Waals surface area contributed by atoms with Crippen molar-refractivity contribution in [2.45, 2.75) is 50.5 Å². The SMILES string of the molecule is Cc1ccc(S(=O)(=O)N[C@@H](Cc2c[nH]c3ccccc23)C(=O)Oc2ccc3c4c(c(=O)oc3c2C)CCC4)cc1. The third kappa shape index (κ3) is 4.71. The molecule has 0 aliphatic heterocycles. The summed E-state index contributed by atoms with van der Waals surface area (Å²) in [6, 6.07) is 16.2. The largest absolute Gasteiger partial charge is 0.425 e. The quantitative estimate of drug-likeness (QED) is 0.168. The van der Waals surface area contributed by atoms with E-state index in [9.17, 15) is 18.0 Å². The van der Waals surface area contributed by atoms with E-state index < -0.39 is 22.0 Å². The number of ether oxygens (including phenoxy) is 1. The lowest BCUT2D eigenvalue weighted by atomic mass is 10.0. The fraction of sp³-hybridized carbons (Fsp3) is 0.226. The minimum absolute atomic E-state index is 0.0485. The molecular weight excluding hydrogens is 528 g/mol. The van der Waals surface area contributed by atoms with Gasteiger partial charge in [0.2, 0.25) is 10.0 Å². The third-order valence-corrected chi connectivity index (χ3v) is 9.05. The molecule has 0 saturated carbocycles. The number of hydrogen-bond donors (Lipinski definition) is 2. The van der Waals surface area contributed by atoms with Crippen molar-refractivity contribution in [1.82, 2.24) is 9.71 Å². The van der Waals surface area contributed by atoms with E-state index in [1.807, 2.05) is 31.2 Å². The molecule has 1 aliphatic rings. The van der Waals surface area contributed by atoms with E-state index in [-0.39, 0.29) is 22.7 Å². The second kappa shape index (κ2) is 10.1. The molecule has 8 nitrogen and oxygen atoms in total. The highest BCUT2D eigenvalue weighted by molar-refractivity contribution is 7.89. The molecular formula is C31H28N2O6S. The van der Waals surface area contributed by atoms with Crippen molar-refractivity contribution in [2.24, 2.45) is 0 Å². The van der Waals surface area contributed by atoms with E-state index in [4.69, 9.17) is 9.15 Å². The normalized spacial score (nSPS) is 13.9. The van der Waals surface area contributed by atoms with Crippen molar-refractivity contribution in [3.8, 4) is 5.75 Å². The lowest BCUT2D eigenvalue weighted by Gasteiger charge is -2.19. The van der Waals surface area contributed by atoms with Gasteiger partial charge in [-0.1, -0.05) is 35.9 Å². The molecule has 0 unspecified atom stereocenters. The fourth-order valence-electron chi connectivity index (χ4n) is 5.42. The maximum atomic E-state index is 13.6. The average Bonchev–Trinajstić information content (AvgIpc) is 3.59. The van der Waals surface area contributed by atoms with E-state index >= 15 is 0 Å². The molecule has 1 aliphatic carbocycles. The molecule has 9 heteroatoms. The van der Waals surface area contributed by atoms with Gasteiger partial charge in [-0.3, -0.25) is 0 Å². The van der Waals surface area contributed by atoms with Gasteiger partial charge in [-0.05, 0) is 74.6 Å². The van der Waals surface area contributed by atoms with Gasteiger partial charge in [0.05, 0.1) is 4.90 Å². The number of rotatable bonds is 7. The smallest absolute Gasteiger partial charge is 0.339 e. The predicted octanol–water partition coefficient (Wildman–Crippen LogP) is 4.88. The van der Waals surface area contributed by atoms with Gasteiger partial charge in [-0.2, -0.15) is 4.72 Å². The summed E-state index contributed by atoms with van der Waals surface area (Å²) in [6.45, 7) is 3.59. The van der Waals surface area contributed by atoms with Crippen LogP contribution in [0.25, 0.3) is 21.9 Å². The van der Waals surface area contributed by atoms with Crippen molar-refractivity contribution < 1.29 is 22.4 Å². The summed E-state index contributed by atoms with van der Waals surface area (Å²) < 4.78 is 40.6. The van der Waals surface area contributed by atoms with Crippen LogP contribution in [0.15, 0.2) is 81.0 Å². The number of esters is 1. The van der Waals surface area contributed by atoms with Crippen LogP contribution in [-0.2, 0) is 34.1 Å². The highest BCUT2D eigenvalue weighted by Crippen LogP contribution is 2.33. The molecule has 0 fully saturated rings. The Bertz CT molecular complexity index is 1940. The monoisotopic (exact) mass is 556 g/mol. The number of aromatic amines is 1. The molecule has 0 bridgehead atoms. The molecule has 2 aromatic heterocycles. The number of aromatic nitrogens is 1. The summed E-state index contributed by atoms with van der Waals surface area (Å²) in [7, 11) is -4.05. The van der Waals surface area contributed by atoms with Crippen LogP contribution in [0.5, 0.6) is 5.75 Å². The molecule has 0 radical (unpaired) electrons. The minimum Gasteiger partial charge on any atom is -0.425 e. The maximum absolute atomic E-state index is 13.6. The van der Waals surface area contributed by atoms with E-state index in [1.54, 1.807) is 37.4 Å². The average molecular weight is 557 g/mol. The van der Waals surface area contributed by atoms with Gasteiger partial charge in [-0.25, -0.2) is 18.0 Å². The molecule has 2 heterocycles. The first-order chi connectivity index (χ1) is 19.2. The third-order valence-electron chi connectivity index (χ3n) is 7.56. The van der Waals surface area contributed by atoms with Gasteiger partial charge in [0.25, 0.3) is 0 Å². The number of carbonyl (C=O) groups excluding carboxylic acids is 1. The summed E-state index contributed by atoms with van der Waals surface area (Å²) in [5, 5.41) is 1.71. The van der Waals surface area contributed by atoms with Crippen LogP contribution in [0.1, 0.15) is 34.2 Å². The zero-order valence-corrected chi connectivity index (χ0v) is 22.9. The van der Waals surface area contributed by atoms with E-state index in [2.05, 4.69) is 9.71 Å². The summed E-state index contributed by atoms with van der Waals surface area (Å²) in [4.78, 5) is 29.4. The van der Waals surface area contributed by atoms with Crippen LogP contribution < -0.4 is 15.1 Å². The predicted molar refractivity (Wildman–Crippen MR) is 152 cm³/mol. The van der Waals surface area contributed by atoms with Gasteiger partial charge >= 0.3 is 11.6 Å². The topological polar surface area (TPSA) is 118 Å². The molecule has 2 N–H and O–H groups in total. The van der Waals surface area contributed by atoms with E-state index in [0.29, 0.717) is 23.1 Å². The lowest BCUT2D eigenvalue weighted by molar-refractivity contribution is -0.136. The van der Waals surface area contributed by atoms with Gasteiger partial charge in [0.1, 0.15) is 17.4 Å². The van der Waals surface area contributed by atoms with Crippen molar-refractivity contribution in [1.29, 1.82) is 0 Å². The highest BCUT2D eigenvalue weighted by atomic mass is 32.2. The molecule has 6 rings (SSSR count). The Morgan fingerprint density at radius 2 is 1.75 bits per heavy atom. The molecule has 0 spiro atoms. The number of hydrogen-bond acceptors (Lipinski definition) is 6. The Labute approximate surface area is 231 Å². The summed E-state index contributed by atoms with van der Waals surface area (Å²) >= 11 is 0. The number of para-hydroxylation sites is 1. The van der Waals surface area contributed by atoms with Crippen molar-refractivity contribution >= 4 is 37.9 Å². The summed E-state index contributed by atoms with van der Waals surface area (Å²) in [6.07, 6.45) is 4.21. The molecule has 3 aromatic carbocycles. The number of H-pyrrole nitrogens is 1. The van der Waals surface area contributed by atoms with Crippen LogP contribution in [0.2, 0.25) is 0 Å². The van der Waals surface area contributed by atoms with Crippen LogP contribution in [0.3, 0.4) is 0 Å². The zero-order chi connectivity index (χ0) is 28.0. The molecule has 5 aromatic rings. The second-order valence-corrected chi connectivity index (χ2v) is 12.0. The molecule has 1 atom stereocenters. The Hall–Kier alpha value is -4.21. The van der Waals surface area contributed by atoms with Crippen molar-refractivity contribution in [2.75, 3.05) is 0 Å². The van der Waals surface area contributed by atoms with Gasteiger partial charge in [0.15, 0.2) is 0 Å². The lowest BCUT2D eigenvalue weighted by Crippen LogP contribution is -2.44. The molecule has 0 amide bonds.